The van der Waals surface area contributed by atoms with E-state index in [-0.39, 0.29) is 10.5 Å². The molecule has 0 fully saturated rings. The van der Waals surface area contributed by atoms with Crippen LogP contribution in [0.25, 0.3) is 0 Å². The number of hydrogen-bond donors (Lipinski definition) is 0. The van der Waals surface area contributed by atoms with Gasteiger partial charge >= 0.3 is 0 Å². The van der Waals surface area contributed by atoms with Gasteiger partial charge in [0.1, 0.15) is 0 Å². The predicted molar refractivity (Wildman–Crippen MR) is 67.3 cm³/mol. The van der Waals surface area contributed by atoms with Crippen molar-refractivity contribution >= 4 is 17.5 Å². The standard InChI is InChI=1S/C13H16OS/c1-13(2,3)15-10-9-12(14)11-7-5-4-6-8-11/h4-10H,1-3H3. The van der Waals surface area contributed by atoms with Crippen LogP contribution >= 0.6 is 11.8 Å². The molecule has 2 heteroatoms. The van der Waals surface area contributed by atoms with Crippen LogP contribution in [0.1, 0.15) is 31.1 Å². The fourth-order valence-electron chi connectivity index (χ4n) is 0.999. The Morgan fingerprint density at radius 3 is 2.33 bits per heavy atom. The molecule has 0 saturated carbocycles. The van der Waals surface area contributed by atoms with Crippen LogP contribution in [0.4, 0.5) is 0 Å². The number of thioether (sulfide) groups is 1. The van der Waals surface area contributed by atoms with E-state index in [0.717, 1.165) is 5.56 Å². The van der Waals surface area contributed by atoms with Gasteiger partial charge in [0.05, 0.1) is 0 Å². The van der Waals surface area contributed by atoms with Gasteiger partial charge in [-0.1, -0.05) is 51.1 Å². The average Bonchev–Trinajstić information content (AvgIpc) is 2.17. The second-order valence-corrected chi connectivity index (χ2v) is 6.00. The quantitative estimate of drug-likeness (QED) is 0.567. The number of rotatable bonds is 3. The highest BCUT2D eigenvalue weighted by atomic mass is 32.2. The van der Waals surface area contributed by atoms with E-state index in [1.54, 1.807) is 17.8 Å². The van der Waals surface area contributed by atoms with Gasteiger partial charge in [0, 0.05) is 10.3 Å². The molecule has 1 rings (SSSR count). The summed E-state index contributed by atoms with van der Waals surface area (Å²) in [4.78, 5) is 11.6. The van der Waals surface area contributed by atoms with Gasteiger partial charge in [0.15, 0.2) is 5.78 Å². The van der Waals surface area contributed by atoms with Crippen molar-refractivity contribution in [1.82, 2.24) is 0 Å². The van der Waals surface area contributed by atoms with Gasteiger partial charge < -0.3 is 0 Å². The third-order valence-corrected chi connectivity index (χ3v) is 2.68. The molecule has 0 radical (unpaired) electrons. The van der Waals surface area contributed by atoms with E-state index in [4.69, 9.17) is 0 Å². The Morgan fingerprint density at radius 2 is 1.80 bits per heavy atom. The zero-order chi connectivity index (χ0) is 11.3. The van der Waals surface area contributed by atoms with E-state index in [2.05, 4.69) is 20.8 Å². The summed E-state index contributed by atoms with van der Waals surface area (Å²) in [5.74, 6) is 0.0624. The number of hydrogen-bond acceptors (Lipinski definition) is 2. The Morgan fingerprint density at radius 1 is 1.20 bits per heavy atom. The van der Waals surface area contributed by atoms with E-state index < -0.39 is 0 Å². The summed E-state index contributed by atoms with van der Waals surface area (Å²) in [6.07, 6.45) is 1.63. The molecule has 0 aliphatic rings. The van der Waals surface area contributed by atoms with E-state index >= 15 is 0 Å². The molecule has 0 amide bonds. The van der Waals surface area contributed by atoms with Gasteiger partial charge in [-0.05, 0) is 11.5 Å². The lowest BCUT2D eigenvalue weighted by atomic mass is 10.1. The zero-order valence-corrected chi connectivity index (χ0v) is 10.2. The highest BCUT2D eigenvalue weighted by Crippen LogP contribution is 2.24. The topological polar surface area (TPSA) is 17.1 Å². The summed E-state index contributed by atoms with van der Waals surface area (Å²) in [5, 5.41) is 1.87. The Labute approximate surface area is 95.6 Å². The highest BCUT2D eigenvalue weighted by Gasteiger charge is 2.08. The normalized spacial score (nSPS) is 11.9. The van der Waals surface area contributed by atoms with E-state index in [1.165, 1.54) is 0 Å². The second kappa shape index (κ2) is 5.17. The Hall–Kier alpha value is -1.02. The maximum atomic E-state index is 11.6. The van der Waals surface area contributed by atoms with E-state index in [9.17, 15) is 4.79 Å². The van der Waals surface area contributed by atoms with Crippen LogP contribution in [-0.4, -0.2) is 10.5 Å². The third-order valence-electron chi connectivity index (χ3n) is 1.70. The molecular formula is C13H16OS. The molecular weight excluding hydrogens is 204 g/mol. The molecule has 1 nitrogen and oxygen atoms in total. The van der Waals surface area contributed by atoms with Crippen LogP contribution in [0.2, 0.25) is 0 Å². The molecule has 0 heterocycles. The molecule has 0 atom stereocenters. The van der Waals surface area contributed by atoms with Gasteiger partial charge in [0.25, 0.3) is 0 Å². The Bertz CT molecular complexity index is 347. The maximum Gasteiger partial charge on any atom is 0.186 e. The van der Waals surface area contributed by atoms with Crippen LogP contribution in [0, 0.1) is 0 Å². The monoisotopic (exact) mass is 220 g/mol. The van der Waals surface area contributed by atoms with Crippen molar-refractivity contribution in [2.24, 2.45) is 0 Å². The lowest BCUT2D eigenvalue weighted by Gasteiger charge is -2.13. The first-order valence-electron chi connectivity index (χ1n) is 4.93. The minimum atomic E-state index is 0.0624. The van der Waals surface area contributed by atoms with Crippen LogP contribution < -0.4 is 0 Å². The molecule has 0 spiro atoms. The van der Waals surface area contributed by atoms with Gasteiger partial charge in [-0.2, -0.15) is 0 Å². The molecule has 0 bridgehead atoms. The summed E-state index contributed by atoms with van der Waals surface area (Å²) >= 11 is 1.66. The lowest BCUT2D eigenvalue weighted by Crippen LogP contribution is -2.05. The predicted octanol–water partition coefficient (Wildman–Crippen LogP) is 3.91. The van der Waals surface area contributed by atoms with Crippen molar-refractivity contribution in [1.29, 1.82) is 0 Å². The van der Waals surface area contributed by atoms with Gasteiger partial charge in [0.2, 0.25) is 0 Å². The third kappa shape index (κ3) is 4.84. The first-order valence-corrected chi connectivity index (χ1v) is 5.81. The second-order valence-electron chi connectivity index (χ2n) is 4.26. The molecule has 0 saturated heterocycles. The van der Waals surface area contributed by atoms with Gasteiger partial charge in [-0.15, -0.1) is 11.8 Å². The average molecular weight is 220 g/mol. The molecule has 0 aliphatic heterocycles. The molecule has 80 valence electrons. The fraction of sp³-hybridized carbons (Fsp3) is 0.308. The van der Waals surface area contributed by atoms with Crippen LogP contribution in [-0.2, 0) is 0 Å². The minimum Gasteiger partial charge on any atom is -0.289 e. The number of carbonyl (C=O) groups is 1. The minimum absolute atomic E-state index is 0.0624. The molecule has 1 aromatic carbocycles. The van der Waals surface area contributed by atoms with Crippen molar-refractivity contribution in [2.75, 3.05) is 0 Å². The SMILES string of the molecule is CC(C)(C)SC=CC(=O)c1ccccc1. The zero-order valence-electron chi connectivity index (χ0n) is 9.36. The number of carbonyl (C=O) groups excluding carboxylic acids is 1. The summed E-state index contributed by atoms with van der Waals surface area (Å²) in [5.41, 5.74) is 0.739. The summed E-state index contributed by atoms with van der Waals surface area (Å²) in [6.45, 7) is 6.36. The highest BCUT2D eigenvalue weighted by molar-refractivity contribution is 8.03. The first kappa shape index (κ1) is 12.1. The molecule has 0 N–H and O–H groups in total. The molecule has 1 aromatic rings. The summed E-state index contributed by atoms with van der Waals surface area (Å²) in [6, 6.07) is 9.31. The van der Waals surface area contributed by atoms with Gasteiger partial charge in [-0.3, -0.25) is 4.79 Å². The number of benzene rings is 1. The Kier molecular flexibility index (Phi) is 4.15. The fourth-order valence-corrected chi connectivity index (χ4v) is 1.60. The Balaban J connectivity index is 2.57. The molecule has 0 aliphatic carbocycles. The largest absolute Gasteiger partial charge is 0.289 e. The van der Waals surface area contributed by atoms with Crippen LogP contribution in [0.3, 0.4) is 0 Å². The van der Waals surface area contributed by atoms with E-state index in [0.29, 0.717) is 0 Å². The van der Waals surface area contributed by atoms with Crippen molar-refractivity contribution in [3.05, 3.63) is 47.4 Å². The van der Waals surface area contributed by atoms with Crippen LogP contribution in [0.5, 0.6) is 0 Å². The van der Waals surface area contributed by atoms with Crippen molar-refractivity contribution in [3.63, 3.8) is 0 Å². The number of ketones is 1. The first-order chi connectivity index (χ1) is 6.99. The van der Waals surface area contributed by atoms with E-state index in [1.807, 2.05) is 35.7 Å². The smallest absolute Gasteiger partial charge is 0.186 e. The molecule has 0 unspecified atom stereocenters. The van der Waals surface area contributed by atoms with Crippen LogP contribution in [0.15, 0.2) is 41.8 Å². The van der Waals surface area contributed by atoms with Crippen molar-refractivity contribution in [2.45, 2.75) is 25.5 Å². The van der Waals surface area contributed by atoms with Crippen molar-refractivity contribution in [3.8, 4) is 0 Å². The molecule has 15 heavy (non-hydrogen) atoms. The summed E-state index contributed by atoms with van der Waals surface area (Å²) < 4.78 is 0.160. The number of allylic oxidation sites excluding steroid dienone is 1. The summed E-state index contributed by atoms with van der Waals surface area (Å²) in [7, 11) is 0. The molecule has 0 aromatic heterocycles. The van der Waals surface area contributed by atoms with Crippen molar-refractivity contribution < 1.29 is 4.79 Å². The lowest BCUT2D eigenvalue weighted by molar-refractivity contribution is 0.104. The maximum absolute atomic E-state index is 11.6. The van der Waals surface area contributed by atoms with Gasteiger partial charge in [-0.25, -0.2) is 0 Å².